The Morgan fingerprint density at radius 3 is 2.88 bits per heavy atom. The van der Waals surface area contributed by atoms with Crippen LogP contribution in [-0.4, -0.2) is 5.11 Å². The average molecular weight is 329 g/mol. The van der Waals surface area contributed by atoms with Crippen LogP contribution in [0.2, 0.25) is 0 Å². The van der Waals surface area contributed by atoms with Gasteiger partial charge < -0.3 is 5.11 Å². The molecule has 1 nitrogen and oxygen atoms in total. The van der Waals surface area contributed by atoms with Crippen LogP contribution >= 0.6 is 38.6 Å². The van der Waals surface area contributed by atoms with Crippen LogP contribution in [0.5, 0.6) is 0 Å². The third-order valence-corrected chi connectivity index (χ3v) is 6.33. The monoisotopic (exact) mass is 328 g/mol. The molecule has 2 aromatic heterocycles. The zero-order valence-corrected chi connectivity index (χ0v) is 12.4. The Labute approximate surface area is 117 Å². The molecule has 2 atom stereocenters. The van der Waals surface area contributed by atoms with Gasteiger partial charge in [-0.15, -0.1) is 22.7 Å². The summed E-state index contributed by atoms with van der Waals surface area (Å²) in [5.74, 6) is 0.278. The van der Waals surface area contributed by atoms with Gasteiger partial charge in [-0.2, -0.15) is 0 Å². The van der Waals surface area contributed by atoms with Crippen molar-refractivity contribution >= 4 is 38.6 Å². The van der Waals surface area contributed by atoms with Crippen molar-refractivity contribution in [2.75, 3.05) is 0 Å². The summed E-state index contributed by atoms with van der Waals surface area (Å²) < 4.78 is 1.04. The van der Waals surface area contributed by atoms with Crippen molar-refractivity contribution < 1.29 is 5.11 Å². The third kappa shape index (κ3) is 2.12. The van der Waals surface area contributed by atoms with Crippen molar-refractivity contribution in [1.82, 2.24) is 0 Å². The molecule has 90 valence electrons. The number of aliphatic hydroxyl groups is 1. The van der Waals surface area contributed by atoms with E-state index in [4.69, 9.17) is 0 Å². The van der Waals surface area contributed by atoms with Crippen molar-refractivity contribution in [3.05, 3.63) is 42.7 Å². The van der Waals surface area contributed by atoms with Gasteiger partial charge in [0.15, 0.2) is 0 Å². The van der Waals surface area contributed by atoms with E-state index in [1.54, 1.807) is 11.3 Å². The first kappa shape index (κ1) is 11.9. The van der Waals surface area contributed by atoms with E-state index in [2.05, 4.69) is 27.4 Å². The van der Waals surface area contributed by atoms with E-state index < -0.39 is 0 Å². The number of thiophene rings is 2. The first-order valence-corrected chi connectivity index (χ1v) is 8.30. The maximum atomic E-state index is 10.6. The average Bonchev–Trinajstić information content (AvgIpc) is 2.95. The molecule has 0 saturated carbocycles. The second-order valence-electron chi connectivity index (χ2n) is 4.38. The lowest BCUT2D eigenvalue weighted by atomic mass is 9.83. The van der Waals surface area contributed by atoms with Gasteiger partial charge in [0, 0.05) is 20.1 Å². The van der Waals surface area contributed by atoms with Gasteiger partial charge in [0.05, 0.1) is 6.10 Å². The smallest absolute Gasteiger partial charge is 0.0961 e. The van der Waals surface area contributed by atoms with Gasteiger partial charge in [0.1, 0.15) is 0 Å². The number of aryl methyl sites for hydroxylation is 1. The van der Waals surface area contributed by atoms with Crippen molar-refractivity contribution in [3.8, 4) is 0 Å². The van der Waals surface area contributed by atoms with Crippen LogP contribution in [0.15, 0.2) is 27.4 Å². The molecule has 0 aliphatic heterocycles. The normalized spacial score (nSPS) is 21.2. The van der Waals surface area contributed by atoms with Gasteiger partial charge in [-0.3, -0.25) is 0 Å². The van der Waals surface area contributed by atoms with E-state index in [1.807, 2.05) is 22.8 Å². The van der Waals surface area contributed by atoms with E-state index in [0.717, 1.165) is 15.8 Å². The highest BCUT2D eigenvalue weighted by molar-refractivity contribution is 9.10. The molecule has 0 bridgehead atoms. The topological polar surface area (TPSA) is 20.2 Å². The second-order valence-corrected chi connectivity index (χ2v) is 7.18. The van der Waals surface area contributed by atoms with Crippen molar-refractivity contribution in [2.24, 2.45) is 0 Å². The number of halogens is 1. The molecule has 17 heavy (non-hydrogen) atoms. The zero-order valence-electron chi connectivity index (χ0n) is 9.23. The minimum absolute atomic E-state index is 0.278. The summed E-state index contributed by atoms with van der Waals surface area (Å²) in [6.45, 7) is 0. The Morgan fingerprint density at radius 2 is 2.12 bits per heavy atom. The molecule has 0 aromatic carbocycles. The highest BCUT2D eigenvalue weighted by Gasteiger charge is 2.29. The summed E-state index contributed by atoms with van der Waals surface area (Å²) >= 11 is 6.98. The highest BCUT2D eigenvalue weighted by Crippen LogP contribution is 2.45. The lowest BCUT2D eigenvalue weighted by molar-refractivity contribution is 0.139. The molecule has 2 heterocycles. The number of hydrogen-bond donors (Lipinski definition) is 1. The molecule has 0 amide bonds. The van der Waals surface area contributed by atoms with E-state index in [-0.39, 0.29) is 12.0 Å². The van der Waals surface area contributed by atoms with Crippen LogP contribution in [0.1, 0.15) is 40.2 Å². The van der Waals surface area contributed by atoms with Gasteiger partial charge in [-0.05, 0) is 63.6 Å². The fourth-order valence-electron chi connectivity index (χ4n) is 2.55. The summed E-state index contributed by atoms with van der Waals surface area (Å²) in [5.41, 5.74) is 1.37. The largest absolute Gasteiger partial charge is 0.387 e. The maximum absolute atomic E-state index is 10.6. The molecule has 2 aromatic rings. The van der Waals surface area contributed by atoms with E-state index >= 15 is 0 Å². The second kappa shape index (κ2) is 4.84. The standard InChI is InChI=1S/C13H13BrOS2/c14-10-5-7-17-13(10)12(15)9-2-1-3-11-8(9)4-6-16-11/h4-7,9,12,15H,1-3H2. The highest BCUT2D eigenvalue weighted by atomic mass is 79.9. The fourth-order valence-corrected chi connectivity index (χ4v) is 5.20. The Kier molecular flexibility index (Phi) is 3.39. The fraction of sp³-hybridized carbons (Fsp3) is 0.385. The van der Waals surface area contributed by atoms with E-state index in [1.165, 1.54) is 23.3 Å². The molecule has 3 rings (SSSR count). The van der Waals surface area contributed by atoms with Gasteiger partial charge in [-0.1, -0.05) is 0 Å². The number of aliphatic hydroxyl groups excluding tert-OH is 1. The molecule has 2 unspecified atom stereocenters. The predicted octanol–water partition coefficient (Wildman–Crippen LogP) is 4.73. The minimum atomic E-state index is -0.363. The zero-order chi connectivity index (χ0) is 11.8. The number of fused-ring (bicyclic) bond motifs is 1. The molecule has 0 spiro atoms. The van der Waals surface area contributed by atoms with Gasteiger partial charge in [0.2, 0.25) is 0 Å². The summed E-state index contributed by atoms with van der Waals surface area (Å²) in [7, 11) is 0. The van der Waals surface area contributed by atoms with E-state index in [9.17, 15) is 5.11 Å². The summed E-state index contributed by atoms with van der Waals surface area (Å²) in [5, 5.41) is 14.7. The van der Waals surface area contributed by atoms with Crippen LogP contribution in [-0.2, 0) is 6.42 Å². The Balaban J connectivity index is 1.94. The summed E-state index contributed by atoms with van der Waals surface area (Å²) in [4.78, 5) is 2.53. The van der Waals surface area contributed by atoms with Crippen molar-refractivity contribution in [2.45, 2.75) is 31.3 Å². The molecule has 1 N–H and O–H groups in total. The van der Waals surface area contributed by atoms with Gasteiger partial charge in [0.25, 0.3) is 0 Å². The molecule has 0 saturated heterocycles. The first-order valence-electron chi connectivity index (χ1n) is 5.74. The SMILES string of the molecule is OC(c1sccc1Br)C1CCCc2sccc21. The quantitative estimate of drug-likeness (QED) is 0.845. The lowest BCUT2D eigenvalue weighted by Crippen LogP contribution is -2.15. The summed E-state index contributed by atoms with van der Waals surface area (Å²) in [6.07, 6.45) is 3.10. The van der Waals surface area contributed by atoms with Crippen LogP contribution < -0.4 is 0 Å². The molecule has 0 fully saturated rings. The van der Waals surface area contributed by atoms with Crippen molar-refractivity contribution in [1.29, 1.82) is 0 Å². The summed E-state index contributed by atoms with van der Waals surface area (Å²) in [6, 6.07) is 4.20. The van der Waals surface area contributed by atoms with E-state index in [0.29, 0.717) is 0 Å². The molecular formula is C13H13BrOS2. The lowest BCUT2D eigenvalue weighted by Gasteiger charge is -2.27. The Bertz CT molecular complexity index is 517. The molecule has 0 radical (unpaired) electrons. The molecule has 1 aliphatic rings. The van der Waals surface area contributed by atoms with Crippen LogP contribution in [0, 0.1) is 0 Å². The number of rotatable bonds is 2. The Hall–Kier alpha value is -0.160. The van der Waals surface area contributed by atoms with Crippen LogP contribution in [0.25, 0.3) is 0 Å². The maximum Gasteiger partial charge on any atom is 0.0961 e. The minimum Gasteiger partial charge on any atom is -0.387 e. The molecule has 1 aliphatic carbocycles. The number of hydrogen-bond acceptors (Lipinski definition) is 3. The predicted molar refractivity (Wildman–Crippen MR) is 77.0 cm³/mol. The molecule has 4 heteroatoms. The van der Waals surface area contributed by atoms with Gasteiger partial charge in [-0.25, -0.2) is 0 Å². The van der Waals surface area contributed by atoms with Crippen LogP contribution in [0.3, 0.4) is 0 Å². The van der Waals surface area contributed by atoms with Crippen LogP contribution in [0.4, 0.5) is 0 Å². The van der Waals surface area contributed by atoms with Crippen molar-refractivity contribution in [3.63, 3.8) is 0 Å². The first-order chi connectivity index (χ1) is 8.27. The molecular weight excluding hydrogens is 316 g/mol. The third-order valence-electron chi connectivity index (χ3n) is 3.39. The van der Waals surface area contributed by atoms with Gasteiger partial charge >= 0.3 is 0 Å². The Morgan fingerprint density at radius 1 is 1.29 bits per heavy atom.